The number of methoxy groups -OCH3 is 1. The van der Waals surface area contributed by atoms with Crippen molar-refractivity contribution in [3.8, 4) is 22.9 Å². The minimum Gasteiger partial charge on any atom is -0.418 e. The second-order valence-corrected chi connectivity index (χ2v) is 5.63. The zero-order valence-corrected chi connectivity index (χ0v) is 13.3. The van der Waals surface area contributed by atoms with Gasteiger partial charge in [-0.25, -0.2) is 0 Å². The molecule has 0 radical (unpaired) electrons. The molecule has 0 aliphatic heterocycles. The molecule has 1 aromatic carbocycles. The van der Waals surface area contributed by atoms with Crippen LogP contribution in [0.1, 0.15) is 25.6 Å². The summed E-state index contributed by atoms with van der Waals surface area (Å²) in [7, 11) is 1.58. The van der Waals surface area contributed by atoms with Gasteiger partial charge in [-0.15, -0.1) is 10.2 Å². The van der Waals surface area contributed by atoms with Crippen molar-refractivity contribution in [2.75, 3.05) is 7.11 Å². The number of aromatic nitrogens is 4. The van der Waals surface area contributed by atoms with Crippen molar-refractivity contribution < 1.29 is 13.7 Å². The Bertz CT molecular complexity index is 779. The highest BCUT2D eigenvalue weighted by Crippen LogP contribution is 2.25. The van der Waals surface area contributed by atoms with Crippen LogP contribution >= 0.6 is 0 Å². The van der Waals surface area contributed by atoms with Crippen LogP contribution in [0, 0.1) is 5.92 Å². The molecule has 0 amide bonds. The highest BCUT2D eigenvalue weighted by molar-refractivity contribution is 5.64. The third kappa shape index (κ3) is 3.62. The number of hydrogen-bond donors (Lipinski definition) is 0. The van der Waals surface area contributed by atoms with Crippen molar-refractivity contribution in [1.82, 2.24) is 20.3 Å². The van der Waals surface area contributed by atoms with Crippen LogP contribution < -0.4 is 0 Å². The number of benzene rings is 1. The minimum absolute atomic E-state index is 0.287. The predicted molar refractivity (Wildman–Crippen MR) is 82.3 cm³/mol. The van der Waals surface area contributed by atoms with Gasteiger partial charge >= 0.3 is 0 Å². The number of ether oxygens (including phenoxy) is 1. The van der Waals surface area contributed by atoms with Gasteiger partial charge < -0.3 is 13.7 Å². The molecule has 0 aliphatic rings. The van der Waals surface area contributed by atoms with Crippen molar-refractivity contribution >= 4 is 0 Å². The van der Waals surface area contributed by atoms with Gasteiger partial charge in [-0.1, -0.05) is 25.1 Å². The molecule has 0 unspecified atom stereocenters. The molecule has 7 nitrogen and oxygen atoms in total. The van der Waals surface area contributed by atoms with E-state index in [1.807, 2.05) is 24.3 Å². The summed E-state index contributed by atoms with van der Waals surface area (Å²) in [5.74, 6) is 2.54. The first-order valence-corrected chi connectivity index (χ1v) is 7.40. The molecule has 0 saturated heterocycles. The Hall–Kier alpha value is -2.54. The predicted octanol–water partition coefficient (Wildman–Crippen LogP) is 3.13. The summed E-state index contributed by atoms with van der Waals surface area (Å²) in [6.07, 6.45) is 0.785. The maximum Gasteiger partial charge on any atom is 0.257 e. The monoisotopic (exact) mass is 314 g/mol. The van der Waals surface area contributed by atoms with E-state index in [-0.39, 0.29) is 6.61 Å². The van der Waals surface area contributed by atoms with E-state index in [1.54, 1.807) is 7.11 Å². The molecular weight excluding hydrogens is 296 g/mol. The van der Waals surface area contributed by atoms with Crippen LogP contribution in [0.2, 0.25) is 0 Å². The average molecular weight is 314 g/mol. The van der Waals surface area contributed by atoms with Crippen molar-refractivity contribution in [3.63, 3.8) is 0 Å². The van der Waals surface area contributed by atoms with Crippen molar-refractivity contribution in [3.05, 3.63) is 36.0 Å². The summed E-state index contributed by atoms with van der Waals surface area (Å²) in [5.41, 5.74) is 1.61. The number of nitrogens with zero attached hydrogens (tertiary/aromatic N) is 4. The molecule has 2 aromatic heterocycles. The highest BCUT2D eigenvalue weighted by Gasteiger charge is 2.13. The van der Waals surface area contributed by atoms with Gasteiger partial charge in [-0.05, 0) is 24.1 Å². The molecule has 0 N–H and O–H groups in total. The molecule has 0 spiro atoms. The zero-order chi connectivity index (χ0) is 16.2. The van der Waals surface area contributed by atoms with E-state index in [1.165, 1.54) is 0 Å². The summed E-state index contributed by atoms with van der Waals surface area (Å²) < 4.78 is 15.9. The van der Waals surface area contributed by atoms with Crippen LogP contribution in [0.15, 0.2) is 33.2 Å². The van der Waals surface area contributed by atoms with Crippen LogP contribution in [0.25, 0.3) is 22.9 Å². The second-order valence-electron chi connectivity index (χ2n) is 5.63. The van der Waals surface area contributed by atoms with Crippen LogP contribution in [0.4, 0.5) is 0 Å². The molecule has 2 heterocycles. The fraction of sp³-hybridized carbons (Fsp3) is 0.375. The summed E-state index contributed by atoms with van der Waals surface area (Å²) in [4.78, 5) is 4.43. The van der Waals surface area contributed by atoms with Gasteiger partial charge in [0.1, 0.15) is 6.61 Å². The third-order valence-electron chi connectivity index (χ3n) is 3.15. The Kier molecular flexibility index (Phi) is 4.47. The molecule has 0 aliphatic carbocycles. The molecular formula is C16H18N4O3. The highest BCUT2D eigenvalue weighted by atomic mass is 16.5. The smallest absolute Gasteiger partial charge is 0.257 e. The quantitative estimate of drug-likeness (QED) is 0.690. The molecule has 0 atom stereocenters. The SMILES string of the molecule is COCc1nnc(-c2cccc(-c3nc(CC(C)C)no3)c2)o1. The Morgan fingerprint density at radius 3 is 2.65 bits per heavy atom. The number of rotatable bonds is 6. The zero-order valence-electron chi connectivity index (χ0n) is 13.3. The molecule has 3 aromatic rings. The van der Waals surface area contributed by atoms with E-state index in [4.69, 9.17) is 13.7 Å². The minimum atomic E-state index is 0.287. The summed E-state index contributed by atoms with van der Waals surface area (Å²) in [6.45, 7) is 4.52. The first-order chi connectivity index (χ1) is 11.2. The van der Waals surface area contributed by atoms with Gasteiger partial charge in [0.05, 0.1) is 0 Å². The molecule has 0 bridgehead atoms. The second kappa shape index (κ2) is 6.70. The third-order valence-corrected chi connectivity index (χ3v) is 3.15. The maximum absolute atomic E-state index is 5.54. The van der Waals surface area contributed by atoms with E-state index in [2.05, 4.69) is 34.2 Å². The van der Waals surface area contributed by atoms with Gasteiger partial charge in [-0.3, -0.25) is 0 Å². The van der Waals surface area contributed by atoms with E-state index in [0.717, 1.165) is 17.5 Å². The summed E-state index contributed by atoms with van der Waals surface area (Å²) in [6, 6.07) is 7.57. The lowest BCUT2D eigenvalue weighted by atomic mass is 10.1. The van der Waals surface area contributed by atoms with Crippen LogP contribution in [0.5, 0.6) is 0 Å². The van der Waals surface area contributed by atoms with Gasteiger partial charge in [0, 0.05) is 24.7 Å². The first kappa shape index (κ1) is 15.4. The van der Waals surface area contributed by atoms with Crippen molar-refractivity contribution in [1.29, 1.82) is 0 Å². The topological polar surface area (TPSA) is 87.1 Å². The van der Waals surface area contributed by atoms with Gasteiger partial charge in [0.2, 0.25) is 11.8 Å². The van der Waals surface area contributed by atoms with E-state index in [0.29, 0.717) is 29.4 Å². The van der Waals surface area contributed by atoms with E-state index in [9.17, 15) is 0 Å². The average Bonchev–Trinajstić information content (AvgIpc) is 3.17. The first-order valence-electron chi connectivity index (χ1n) is 7.40. The Morgan fingerprint density at radius 2 is 1.91 bits per heavy atom. The Morgan fingerprint density at radius 1 is 1.13 bits per heavy atom. The van der Waals surface area contributed by atoms with Gasteiger partial charge in [0.25, 0.3) is 5.89 Å². The van der Waals surface area contributed by atoms with Crippen LogP contribution in [0.3, 0.4) is 0 Å². The van der Waals surface area contributed by atoms with E-state index >= 15 is 0 Å². The molecule has 3 rings (SSSR count). The fourth-order valence-electron chi connectivity index (χ4n) is 2.16. The Labute approximate surface area is 133 Å². The number of hydrogen-bond acceptors (Lipinski definition) is 7. The summed E-state index contributed by atoms with van der Waals surface area (Å²) in [5, 5.41) is 12.0. The van der Waals surface area contributed by atoms with Crippen LogP contribution in [-0.4, -0.2) is 27.4 Å². The van der Waals surface area contributed by atoms with Gasteiger partial charge in [0.15, 0.2) is 5.82 Å². The standard InChI is InChI=1S/C16H18N4O3/c1-10(2)7-13-17-15(23-20-13)11-5-4-6-12(8-11)16-19-18-14(22-16)9-21-3/h4-6,8,10H,7,9H2,1-3H3. The molecule has 120 valence electrons. The molecule has 7 heteroatoms. The molecule has 0 saturated carbocycles. The van der Waals surface area contributed by atoms with Crippen molar-refractivity contribution in [2.45, 2.75) is 26.9 Å². The lowest BCUT2D eigenvalue weighted by Crippen LogP contribution is -1.95. The largest absolute Gasteiger partial charge is 0.418 e. The maximum atomic E-state index is 5.54. The van der Waals surface area contributed by atoms with Gasteiger partial charge in [-0.2, -0.15) is 4.98 Å². The summed E-state index contributed by atoms with van der Waals surface area (Å²) >= 11 is 0. The normalized spacial score (nSPS) is 11.3. The van der Waals surface area contributed by atoms with Crippen LogP contribution in [-0.2, 0) is 17.8 Å². The lowest BCUT2D eigenvalue weighted by molar-refractivity contribution is 0.160. The molecule has 0 fully saturated rings. The van der Waals surface area contributed by atoms with Crippen molar-refractivity contribution in [2.24, 2.45) is 5.92 Å². The van der Waals surface area contributed by atoms with E-state index < -0.39 is 0 Å². The molecule has 23 heavy (non-hydrogen) atoms. The fourth-order valence-corrected chi connectivity index (χ4v) is 2.16. The lowest BCUT2D eigenvalue weighted by Gasteiger charge is -1.98. The Balaban J connectivity index is 1.85.